The molecule has 0 bridgehead atoms. The Kier molecular flexibility index (Phi) is 2.64. The maximum atomic E-state index is 5.85. The predicted molar refractivity (Wildman–Crippen MR) is 86.9 cm³/mol. The van der Waals surface area contributed by atoms with Gasteiger partial charge in [-0.1, -0.05) is 24.3 Å². The number of anilines is 4. The van der Waals surface area contributed by atoms with Crippen LogP contribution < -0.4 is 43.8 Å². The largest absolute Gasteiger partial charge is 0.397 e. The smallest absolute Gasteiger partial charge is 0.0554 e. The number of fused-ring (bicyclic) bond motifs is 2. The van der Waals surface area contributed by atoms with Crippen LogP contribution in [-0.4, -0.2) is 0 Å². The molecule has 20 heavy (non-hydrogen) atoms. The number of benzene rings is 2. The van der Waals surface area contributed by atoms with Gasteiger partial charge in [0.15, 0.2) is 0 Å². The molecule has 4 nitrogen and oxygen atoms in total. The molecule has 8 N–H and O–H groups in total. The van der Waals surface area contributed by atoms with Crippen LogP contribution in [0.25, 0.3) is 24.3 Å². The molecule has 0 fully saturated rings. The highest BCUT2D eigenvalue weighted by molar-refractivity contribution is 5.75. The Morgan fingerprint density at radius 1 is 0.400 bits per heavy atom. The Morgan fingerprint density at radius 2 is 0.600 bits per heavy atom. The first kappa shape index (κ1) is 12.2. The topological polar surface area (TPSA) is 104 Å². The minimum absolute atomic E-state index is 0.583. The Hall–Kier alpha value is -2.88. The van der Waals surface area contributed by atoms with E-state index in [0.29, 0.717) is 22.7 Å². The number of nitrogen functional groups attached to an aromatic ring is 4. The Bertz CT molecular complexity index is 782. The van der Waals surface area contributed by atoms with Crippen molar-refractivity contribution in [1.82, 2.24) is 0 Å². The Morgan fingerprint density at radius 3 is 0.800 bits per heavy atom. The van der Waals surface area contributed by atoms with E-state index in [2.05, 4.69) is 0 Å². The van der Waals surface area contributed by atoms with Crippen LogP contribution in [0.5, 0.6) is 0 Å². The minimum Gasteiger partial charge on any atom is -0.397 e. The average molecular weight is 264 g/mol. The zero-order valence-corrected chi connectivity index (χ0v) is 10.9. The summed E-state index contributed by atoms with van der Waals surface area (Å²) in [7, 11) is 0. The molecule has 0 aliphatic heterocycles. The SMILES string of the molecule is Nc1cc2/c(cc1N)=C\C=c1\cc(N)c(N)c\c1=C\C=2. The summed E-state index contributed by atoms with van der Waals surface area (Å²) in [5.74, 6) is 0. The molecular formula is C16H16N4. The molecule has 0 aromatic heterocycles. The zero-order chi connectivity index (χ0) is 14.3. The molecule has 0 saturated heterocycles. The maximum absolute atomic E-state index is 5.85. The van der Waals surface area contributed by atoms with Crippen molar-refractivity contribution in [2.24, 2.45) is 0 Å². The molecule has 3 rings (SSSR count). The van der Waals surface area contributed by atoms with E-state index >= 15 is 0 Å². The van der Waals surface area contributed by atoms with E-state index in [1.165, 1.54) is 0 Å². The molecule has 4 heteroatoms. The third kappa shape index (κ3) is 1.97. The summed E-state index contributed by atoms with van der Waals surface area (Å²) in [4.78, 5) is 0. The van der Waals surface area contributed by atoms with E-state index in [1.807, 2.05) is 48.6 Å². The number of rotatable bonds is 0. The standard InChI is InChI=1S/C16H16N4/c17-13-5-9-1-2-10-6-14(18)16(20)8-12(10)4-3-11(9)7-15(13)19/h1-8H,17-20H2/b2-1?,4-3?,9-1-,10-2-,11-3-,12-4-. The van der Waals surface area contributed by atoms with Gasteiger partial charge in [-0.2, -0.15) is 0 Å². The summed E-state index contributed by atoms with van der Waals surface area (Å²) in [6.07, 6.45) is 8.01. The van der Waals surface area contributed by atoms with Crippen molar-refractivity contribution < 1.29 is 0 Å². The molecule has 2 aromatic carbocycles. The molecule has 0 radical (unpaired) electrons. The molecule has 0 amide bonds. The lowest BCUT2D eigenvalue weighted by molar-refractivity contribution is 1.49. The average Bonchev–Trinajstić information content (AvgIpc) is 2.40. The highest BCUT2D eigenvalue weighted by atomic mass is 14.7. The van der Waals surface area contributed by atoms with E-state index in [4.69, 9.17) is 22.9 Å². The summed E-state index contributed by atoms with van der Waals surface area (Å²) in [6.45, 7) is 0. The van der Waals surface area contributed by atoms with Gasteiger partial charge in [0, 0.05) is 0 Å². The van der Waals surface area contributed by atoms with Gasteiger partial charge in [0.2, 0.25) is 0 Å². The fourth-order valence-electron chi connectivity index (χ4n) is 2.27. The van der Waals surface area contributed by atoms with Crippen molar-refractivity contribution in [2.45, 2.75) is 0 Å². The Balaban J connectivity index is 2.40. The fourth-order valence-corrected chi connectivity index (χ4v) is 2.27. The van der Waals surface area contributed by atoms with Gasteiger partial charge in [-0.3, -0.25) is 0 Å². The van der Waals surface area contributed by atoms with Crippen LogP contribution in [0, 0.1) is 0 Å². The fraction of sp³-hybridized carbons (Fsp3) is 0. The normalized spacial score (nSPS) is 19.2. The monoisotopic (exact) mass is 264 g/mol. The van der Waals surface area contributed by atoms with Crippen molar-refractivity contribution in [2.75, 3.05) is 22.9 Å². The second-order valence-corrected chi connectivity index (χ2v) is 4.89. The molecule has 0 atom stereocenters. The lowest BCUT2D eigenvalue weighted by atomic mass is 10.1. The van der Waals surface area contributed by atoms with E-state index < -0.39 is 0 Å². The van der Waals surface area contributed by atoms with Gasteiger partial charge < -0.3 is 22.9 Å². The predicted octanol–water partition coefficient (Wildman–Crippen LogP) is -1.15. The van der Waals surface area contributed by atoms with E-state index in [1.54, 1.807) is 0 Å². The van der Waals surface area contributed by atoms with Crippen molar-refractivity contribution in [1.29, 1.82) is 0 Å². The first-order chi connectivity index (χ1) is 9.54. The first-order valence-electron chi connectivity index (χ1n) is 6.29. The van der Waals surface area contributed by atoms with Crippen LogP contribution in [0.4, 0.5) is 22.7 Å². The number of hydrogen-bond acceptors (Lipinski definition) is 4. The number of hydrogen-bond donors (Lipinski definition) is 4. The third-order valence-corrected chi connectivity index (χ3v) is 3.46. The second kappa shape index (κ2) is 4.35. The summed E-state index contributed by atoms with van der Waals surface area (Å²) < 4.78 is 0. The lowest BCUT2D eigenvalue weighted by Crippen LogP contribution is -2.30. The highest BCUT2D eigenvalue weighted by Gasteiger charge is 1.98. The molecule has 0 heterocycles. The van der Waals surface area contributed by atoms with Crippen LogP contribution in [0.2, 0.25) is 0 Å². The van der Waals surface area contributed by atoms with Gasteiger partial charge in [-0.05, 0) is 45.1 Å². The summed E-state index contributed by atoms with van der Waals surface area (Å²) in [5.41, 5.74) is 25.7. The van der Waals surface area contributed by atoms with Crippen LogP contribution in [0.15, 0.2) is 24.3 Å². The van der Waals surface area contributed by atoms with Crippen LogP contribution in [-0.2, 0) is 0 Å². The van der Waals surface area contributed by atoms with Gasteiger partial charge >= 0.3 is 0 Å². The Labute approximate surface area is 116 Å². The van der Waals surface area contributed by atoms with Crippen LogP contribution >= 0.6 is 0 Å². The summed E-state index contributed by atoms with van der Waals surface area (Å²) in [6, 6.07) is 7.49. The van der Waals surface area contributed by atoms with Gasteiger partial charge in [0.05, 0.1) is 22.7 Å². The third-order valence-electron chi connectivity index (χ3n) is 3.46. The first-order valence-corrected chi connectivity index (χ1v) is 6.29. The van der Waals surface area contributed by atoms with Crippen molar-refractivity contribution >= 4 is 47.1 Å². The number of nitrogens with two attached hydrogens (primary N) is 4. The molecule has 1 aliphatic carbocycles. The molecule has 100 valence electrons. The van der Waals surface area contributed by atoms with Crippen molar-refractivity contribution in [3.05, 3.63) is 45.1 Å². The zero-order valence-electron chi connectivity index (χ0n) is 10.9. The second-order valence-electron chi connectivity index (χ2n) is 4.89. The van der Waals surface area contributed by atoms with Gasteiger partial charge in [0.25, 0.3) is 0 Å². The van der Waals surface area contributed by atoms with Gasteiger partial charge in [-0.25, -0.2) is 0 Å². The van der Waals surface area contributed by atoms with E-state index in [9.17, 15) is 0 Å². The van der Waals surface area contributed by atoms with Crippen LogP contribution in [0.1, 0.15) is 0 Å². The molecule has 0 spiro atoms. The quantitative estimate of drug-likeness (QED) is 0.451. The van der Waals surface area contributed by atoms with Crippen molar-refractivity contribution in [3.8, 4) is 0 Å². The van der Waals surface area contributed by atoms with Crippen LogP contribution in [0.3, 0.4) is 0 Å². The lowest BCUT2D eigenvalue weighted by Gasteiger charge is -2.03. The minimum atomic E-state index is 0.583. The molecule has 2 aromatic rings. The maximum Gasteiger partial charge on any atom is 0.0554 e. The van der Waals surface area contributed by atoms with Crippen molar-refractivity contribution in [3.63, 3.8) is 0 Å². The summed E-state index contributed by atoms with van der Waals surface area (Å²) >= 11 is 0. The molecule has 0 unspecified atom stereocenters. The van der Waals surface area contributed by atoms with Gasteiger partial charge in [0.1, 0.15) is 0 Å². The highest BCUT2D eigenvalue weighted by Crippen LogP contribution is 2.08. The molecule has 0 saturated carbocycles. The van der Waals surface area contributed by atoms with Gasteiger partial charge in [-0.15, -0.1) is 0 Å². The van der Waals surface area contributed by atoms with E-state index in [-0.39, 0.29) is 0 Å². The molecular weight excluding hydrogens is 248 g/mol. The van der Waals surface area contributed by atoms with E-state index in [0.717, 1.165) is 20.9 Å². The summed E-state index contributed by atoms with van der Waals surface area (Å²) in [5, 5.41) is 4.09. The molecule has 1 aliphatic rings.